The molecule has 0 spiro atoms. The molecule has 0 bridgehead atoms. The minimum absolute atomic E-state index is 0.0181. The van der Waals surface area contributed by atoms with Gasteiger partial charge in [0.25, 0.3) is 0 Å². The Labute approximate surface area is 120 Å². The highest BCUT2D eigenvalue weighted by Crippen LogP contribution is 2.19. The van der Waals surface area contributed by atoms with Gasteiger partial charge in [-0.3, -0.25) is 20.6 Å². The summed E-state index contributed by atoms with van der Waals surface area (Å²) in [6.07, 6.45) is 0. The van der Waals surface area contributed by atoms with Crippen molar-refractivity contribution in [3.8, 4) is 0 Å². The van der Waals surface area contributed by atoms with E-state index in [0.717, 1.165) is 6.07 Å². The van der Waals surface area contributed by atoms with Crippen molar-refractivity contribution in [2.75, 3.05) is 12.0 Å². The highest BCUT2D eigenvalue weighted by molar-refractivity contribution is 5.85. The van der Waals surface area contributed by atoms with Gasteiger partial charge in [0.05, 0.1) is 12.6 Å². The molecule has 0 aliphatic rings. The number of nitrogens with zero attached hydrogens (tertiary/aromatic N) is 1. The molecular weight excluding hydrogens is 282 g/mol. The quantitative estimate of drug-likeness (QED) is 0.211. The second-order valence-electron chi connectivity index (χ2n) is 4.22. The van der Waals surface area contributed by atoms with Gasteiger partial charge in [0, 0.05) is 6.07 Å². The third-order valence-electron chi connectivity index (χ3n) is 2.41. The third-order valence-corrected chi connectivity index (χ3v) is 2.41. The molecule has 0 aliphatic carbocycles. The van der Waals surface area contributed by atoms with Crippen LogP contribution in [-0.2, 0) is 4.79 Å². The second-order valence-corrected chi connectivity index (χ2v) is 4.22. The smallest absolute Gasteiger partial charge is 0.195 e. The number of quaternary nitrogens is 2. The fourth-order valence-corrected chi connectivity index (χ4v) is 1.39. The van der Waals surface area contributed by atoms with Crippen LogP contribution in [0.5, 0.6) is 0 Å². The normalized spacial score (nSPS) is 14.5. The predicted octanol–water partition coefficient (Wildman–Crippen LogP) is -1.58. The van der Waals surface area contributed by atoms with Gasteiger partial charge in [-0.15, -0.1) is 0 Å². The maximum Gasteiger partial charge on any atom is 0.195 e. The van der Waals surface area contributed by atoms with Crippen molar-refractivity contribution in [1.29, 1.82) is 0 Å². The number of aliphatic imine (C=N–C) groups is 1. The number of carbonyl (C=O) groups excluding carboxylic acids is 1. The Bertz CT molecular complexity index is 532. The lowest BCUT2D eigenvalue weighted by molar-refractivity contribution is -0.996. The molecule has 2 atom stereocenters. The number of hydrogen-bond acceptors (Lipinski definition) is 7. The van der Waals surface area contributed by atoms with Gasteiger partial charge in [0.15, 0.2) is 17.2 Å². The van der Waals surface area contributed by atoms with Crippen molar-refractivity contribution in [2.24, 2.45) is 4.99 Å². The Morgan fingerprint density at radius 3 is 2.48 bits per heavy atom. The first-order valence-corrected chi connectivity index (χ1v) is 5.94. The van der Waals surface area contributed by atoms with E-state index in [-0.39, 0.29) is 29.4 Å². The first-order chi connectivity index (χ1) is 9.81. The molecule has 0 fully saturated rings. The number of amidine groups is 1. The van der Waals surface area contributed by atoms with Gasteiger partial charge in [0.1, 0.15) is 11.5 Å². The maximum absolute atomic E-state index is 11.1. The highest BCUT2D eigenvalue weighted by atomic mass is 16.8. The molecule has 10 nitrogen and oxygen atoms in total. The second kappa shape index (κ2) is 7.64. The van der Waals surface area contributed by atoms with Crippen molar-refractivity contribution in [3.63, 3.8) is 0 Å². The molecule has 0 heterocycles. The third kappa shape index (κ3) is 5.43. The molecule has 2 unspecified atom stereocenters. The number of nitrogens with one attached hydrogen (secondary N) is 4. The summed E-state index contributed by atoms with van der Waals surface area (Å²) in [5.74, 6) is 0.289. The summed E-state index contributed by atoms with van der Waals surface area (Å²) in [5, 5.41) is 37.4. The monoisotopic (exact) mass is 299 g/mol. The average Bonchev–Trinajstić information content (AvgIpc) is 2.42. The first-order valence-electron chi connectivity index (χ1n) is 5.94. The Morgan fingerprint density at radius 1 is 1.29 bits per heavy atom. The van der Waals surface area contributed by atoms with Crippen molar-refractivity contribution >= 4 is 28.7 Å². The molecule has 0 aromatic heterocycles. The molecule has 21 heavy (non-hydrogen) atoms. The molecule has 0 aliphatic heterocycles. The van der Waals surface area contributed by atoms with Gasteiger partial charge in [-0.05, 0) is 19.9 Å². The summed E-state index contributed by atoms with van der Waals surface area (Å²) in [6.45, 7) is 3.02. The van der Waals surface area contributed by atoms with E-state index in [2.05, 4.69) is 15.8 Å². The van der Waals surface area contributed by atoms with Crippen LogP contribution in [0.3, 0.4) is 0 Å². The molecule has 10 heteroatoms. The van der Waals surface area contributed by atoms with Crippen LogP contribution >= 0.6 is 0 Å². The van der Waals surface area contributed by atoms with E-state index in [4.69, 9.17) is 10.4 Å². The molecule has 116 valence electrons. The summed E-state index contributed by atoms with van der Waals surface area (Å²) in [6, 6.07) is 3.66. The van der Waals surface area contributed by atoms with E-state index in [0.29, 0.717) is 5.84 Å². The molecule has 0 saturated carbocycles. The van der Waals surface area contributed by atoms with Crippen LogP contribution in [0.25, 0.3) is 0 Å². The molecular formula is C11H17N5O5. The van der Waals surface area contributed by atoms with E-state index in [1.807, 2.05) is 0 Å². The molecule has 0 saturated heterocycles. The summed E-state index contributed by atoms with van der Waals surface area (Å²) >= 11 is 0. The zero-order chi connectivity index (χ0) is 16.0. The van der Waals surface area contributed by atoms with E-state index < -0.39 is 10.5 Å². The van der Waals surface area contributed by atoms with Gasteiger partial charge in [-0.1, -0.05) is 0 Å². The summed E-state index contributed by atoms with van der Waals surface area (Å²) < 4.78 is 0. The van der Waals surface area contributed by atoms with Crippen LogP contribution in [0.1, 0.15) is 13.8 Å². The topological polar surface area (TPSA) is 149 Å². The Hall–Kier alpha value is -2.08. The van der Waals surface area contributed by atoms with E-state index in [1.165, 1.54) is 19.1 Å². The molecule has 1 rings (SSSR count). The fraction of sp³-hybridized carbons (Fsp3) is 0.273. The molecule has 1 aromatic rings. The van der Waals surface area contributed by atoms with Crippen LogP contribution in [0.4, 0.5) is 17.1 Å². The number of carbonyl (C=O) groups is 1. The minimum atomic E-state index is -1.26. The predicted molar refractivity (Wildman–Crippen MR) is 73.4 cm³/mol. The number of ketones is 1. The number of anilines is 1. The van der Waals surface area contributed by atoms with Crippen LogP contribution in [-0.4, -0.2) is 28.6 Å². The lowest BCUT2D eigenvalue weighted by Gasteiger charge is -2.19. The summed E-state index contributed by atoms with van der Waals surface area (Å²) in [4.78, 5) is 14.7. The Morgan fingerprint density at radius 2 is 1.95 bits per heavy atom. The van der Waals surface area contributed by atoms with Gasteiger partial charge in [0.2, 0.25) is 0 Å². The highest BCUT2D eigenvalue weighted by Gasteiger charge is 2.13. The number of hydrazine groups is 1. The number of Topliss-reactive ketones (excluding diaryl/α,β-unsaturated/α-hetero) is 1. The van der Waals surface area contributed by atoms with Gasteiger partial charge >= 0.3 is 0 Å². The van der Waals surface area contributed by atoms with Gasteiger partial charge < -0.3 is 10.4 Å². The number of benzene rings is 1. The van der Waals surface area contributed by atoms with E-state index in [9.17, 15) is 15.2 Å². The summed E-state index contributed by atoms with van der Waals surface area (Å²) in [7, 11) is 0. The summed E-state index contributed by atoms with van der Waals surface area (Å²) in [5.41, 5.74) is 5.12. The van der Waals surface area contributed by atoms with Crippen molar-refractivity contribution < 1.29 is 25.7 Å². The van der Waals surface area contributed by atoms with Crippen LogP contribution in [0, 0.1) is 10.4 Å². The average molecular weight is 299 g/mol. The van der Waals surface area contributed by atoms with E-state index in [1.54, 1.807) is 6.92 Å². The van der Waals surface area contributed by atoms with Crippen LogP contribution < -0.4 is 21.3 Å². The zero-order valence-corrected chi connectivity index (χ0v) is 11.5. The maximum atomic E-state index is 11.1. The van der Waals surface area contributed by atoms with E-state index >= 15 is 0 Å². The standard InChI is InChI=1S/C11H17N5O5/c1-7(17)6-12-8(2)13-14-10-4-3-9(15(18)19)5-11(10)16(20)21/h3-5,14-16,18,20H,6H2,1-2H3,(H,12,13). The number of hydrogen-bond donors (Lipinski definition) is 6. The number of rotatable bonds is 6. The molecule has 1 aromatic carbocycles. The zero-order valence-electron chi connectivity index (χ0n) is 11.5. The Balaban J connectivity index is 2.83. The fourth-order valence-electron chi connectivity index (χ4n) is 1.39. The minimum Gasteiger partial charge on any atom is -0.595 e. The van der Waals surface area contributed by atoms with Gasteiger partial charge in [-0.25, -0.2) is 10.4 Å². The van der Waals surface area contributed by atoms with Crippen LogP contribution in [0.2, 0.25) is 0 Å². The SMILES string of the molecule is CC(=O)CN=C(C)NNc1ccc([NH+]([O-])O)cc1[NH+]([O-])O. The first kappa shape index (κ1) is 17.0. The Kier molecular flexibility index (Phi) is 6.17. The van der Waals surface area contributed by atoms with Crippen molar-refractivity contribution in [2.45, 2.75) is 13.8 Å². The lowest BCUT2D eigenvalue weighted by atomic mass is 10.2. The molecule has 0 radical (unpaired) electrons. The lowest BCUT2D eigenvalue weighted by Crippen LogP contribution is -3.00. The molecule has 0 amide bonds. The van der Waals surface area contributed by atoms with Crippen molar-refractivity contribution in [3.05, 3.63) is 28.6 Å². The van der Waals surface area contributed by atoms with Crippen molar-refractivity contribution in [1.82, 2.24) is 5.43 Å². The van der Waals surface area contributed by atoms with Gasteiger partial charge in [-0.2, -0.15) is 10.5 Å². The molecule has 6 N–H and O–H groups in total. The van der Waals surface area contributed by atoms with Crippen LogP contribution in [0.15, 0.2) is 23.2 Å². The largest absolute Gasteiger partial charge is 0.595 e.